The van der Waals surface area contributed by atoms with Crippen LogP contribution in [0.4, 0.5) is 4.39 Å². The molecule has 0 amide bonds. The van der Waals surface area contributed by atoms with E-state index in [0.29, 0.717) is 25.7 Å². The van der Waals surface area contributed by atoms with E-state index in [0.717, 1.165) is 31.6 Å². The van der Waals surface area contributed by atoms with Gasteiger partial charge in [0.1, 0.15) is 12.3 Å². The average Bonchev–Trinajstić information content (AvgIpc) is 2.41. The van der Waals surface area contributed by atoms with Gasteiger partial charge < -0.3 is 4.74 Å². The third-order valence-electron chi connectivity index (χ3n) is 4.64. The summed E-state index contributed by atoms with van der Waals surface area (Å²) in [7, 11) is 0. The number of carbonyl (C=O) groups excluding carboxylic acids is 1. The van der Waals surface area contributed by atoms with E-state index in [9.17, 15) is 9.18 Å². The molecule has 0 N–H and O–H groups in total. The third kappa shape index (κ3) is 3.69. The third-order valence-corrected chi connectivity index (χ3v) is 4.64. The average molecular weight is 256 g/mol. The minimum Gasteiger partial charge on any atom is -0.462 e. The number of rotatable bonds is 3. The Morgan fingerprint density at radius 1 is 1.06 bits per heavy atom. The predicted octanol–water partition coefficient (Wildman–Crippen LogP) is 4.03. The number of hydrogen-bond donors (Lipinski definition) is 0. The van der Waals surface area contributed by atoms with Crippen molar-refractivity contribution in [3.63, 3.8) is 0 Å². The molecule has 2 saturated carbocycles. The lowest BCUT2D eigenvalue weighted by Crippen LogP contribution is -2.30. The van der Waals surface area contributed by atoms with Gasteiger partial charge in [-0.15, -0.1) is 0 Å². The quantitative estimate of drug-likeness (QED) is 0.713. The number of alkyl halides is 1. The van der Waals surface area contributed by atoms with Crippen LogP contribution in [-0.4, -0.2) is 18.2 Å². The highest BCUT2D eigenvalue weighted by atomic mass is 19.1. The van der Waals surface area contributed by atoms with Crippen LogP contribution >= 0.6 is 0 Å². The van der Waals surface area contributed by atoms with Crippen molar-refractivity contribution < 1.29 is 13.9 Å². The van der Waals surface area contributed by atoms with Gasteiger partial charge in [-0.1, -0.05) is 13.3 Å². The first-order chi connectivity index (χ1) is 8.69. The fourth-order valence-electron chi connectivity index (χ4n) is 3.21. The van der Waals surface area contributed by atoms with Crippen molar-refractivity contribution in [3.8, 4) is 0 Å². The second-order valence-electron chi connectivity index (χ2n) is 5.94. The van der Waals surface area contributed by atoms with Gasteiger partial charge in [0.2, 0.25) is 0 Å². The lowest BCUT2D eigenvalue weighted by molar-refractivity contribution is -0.157. The molecule has 0 aromatic carbocycles. The number of carbonyl (C=O) groups is 1. The van der Waals surface area contributed by atoms with Gasteiger partial charge in [0.25, 0.3) is 0 Å². The molecular formula is C15H25FO2. The van der Waals surface area contributed by atoms with E-state index in [1.165, 1.54) is 6.42 Å². The van der Waals surface area contributed by atoms with E-state index >= 15 is 0 Å². The van der Waals surface area contributed by atoms with E-state index in [2.05, 4.69) is 6.92 Å². The maximum atomic E-state index is 13.0. The molecule has 0 saturated heterocycles. The Labute approximate surface area is 109 Å². The first kappa shape index (κ1) is 13.8. The lowest BCUT2D eigenvalue weighted by atomic mass is 9.81. The summed E-state index contributed by atoms with van der Waals surface area (Å²) in [6.45, 7) is 2.22. The summed E-state index contributed by atoms with van der Waals surface area (Å²) in [4.78, 5) is 12.0. The van der Waals surface area contributed by atoms with Crippen molar-refractivity contribution >= 4 is 5.97 Å². The molecule has 0 aromatic rings. The number of esters is 1. The van der Waals surface area contributed by atoms with E-state index < -0.39 is 6.17 Å². The van der Waals surface area contributed by atoms with Crippen molar-refractivity contribution in [3.05, 3.63) is 0 Å². The Kier molecular flexibility index (Phi) is 5.02. The van der Waals surface area contributed by atoms with E-state index in [-0.39, 0.29) is 18.0 Å². The van der Waals surface area contributed by atoms with Crippen LogP contribution in [0.15, 0.2) is 0 Å². The normalized spacial score (nSPS) is 37.2. The van der Waals surface area contributed by atoms with Crippen molar-refractivity contribution in [2.75, 3.05) is 0 Å². The van der Waals surface area contributed by atoms with Gasteiger partial charge in [0.05, 0.1) is 5.92 Å². The standard InChI is InChI=1S/C15H25FO2/c1-2-11-3-5-12(6-4-11)15(17)18-14-9-7-13(16)8-10-14/h11-14H,2-10H2,1H3. The summed E-state index contributed by atoms with van der Waals surface area (Å²) in [5.41, 5.74) is 0. The fraction of sp³-hybridized carbons (Fsp3) is 0.933. The molecule has 0 spiro atoms. The van der Waals surface area contributed by atoms with Gasteiger partial charge in [0, 0.05) is 0 Å². The second kappa shape index (κ2) is 6.53. The van der Waals surface area contributed by atoms with Gasteiger partial charge in [0.15, 0.2) is 0 Å². The SMILES string of the molecule is CCC1CCC(C(=O)OC2CCC(F)CC2)CC1. The molecule has 18 heavy (non-hydrogen) atoms. The van der Waals surface area contributed by atoms with Crippen molar-refractivity contribution in [1.29, 1.82) is 0 Å². The summed E-state index contributed by atoms with van der Waals surface area (Å²) >= 11 is 0. The van der Waals surface area contributed by atoms with Crippen LogP contribution < -0.4 is 0 Å². The Bertz CT molecular complexity index is 264. The Morgan fingerprint density at radius 2 is 1.67 bits per heavy atom. The molecule has 0 unspecified atom stereocenters. The molecule has 2 fully saturated rings. The first-order valence-corrected chi connectivity index (χ1v) is 7.53. The summed E-state index contributed by atoms with van der Waals surface area (Å²) < 4.78 is 18.5. The zero-order chi connectivity index (χ0) is 13.0. The highest BCUT2D eigenvalue weighted by Gasteiger charge is 2.30. The Hall–Kier alpha value is -0.600. The summed E-state index contributed by atoms with van der Waals surface area (Å²) in [6, 6.07) is 0. The van der Waals surface area contributed by atoms with Crippen LogP contribution in [0, 0.1) is 11.8 Å². The second-order valence-corrected chi connectivity index (χ2v) is 5.94. The fourth-order valence-corrected chi connectivity index (χ4v) is 3.21. The lowest BCUT2D eigenvalue weighted by Gasteiger charge is -2.29. The Morgan fingerprint density at radius 3 is 2.22 bits per heavy atom. The van der Waals surface area contributed by atoms with Crippen LogP contribution in [0.1, 0.15) is 64.7 Å². The van der Waals surface area contributed by atoms with E-state index in [1.807, 2.05) is 0 Å². The molecular weight excluding hydrogens is 231 g/mol. The van der Waals surface area contributed by atoms with Crippen LogP contribution in [-0.2, 0) is 9.53 Å². The number of ether oxygens (including phenoxy) is 1. The zero-order valence-corrected chi connectivity index (χ0v) is 11.4. The van der Waals surface area contributed by atoms with E-state index in [1.54, 1.807) is 0 Å². The largest absolute Gasteiger partial charge is 0.462 e. The van der Waals surface area contributed by atoms with Crippen LogP contribution in [0.3, 0.4) is 0 Å². The molecule has 3 heteroatoms. The highest BCUT2D eigenvalue weighted by Crippen LogP contribution is 2.32. The van der Waals surface area contributed by atoms with Gasteiger partial charge in [-0.05, 0) is 57.3 Å². The van der Waals surface area contributed by atoms with Crippen molar-refractivity contribution in [1.82, 2.24) is 0 Å². The maximum absolute atomic E-state index is 13.0. The van der Waals surface area contributed by atoms with Crippen LogP contribution in [0.2, 0.25) is 0 Å². The van der Waals surface area contributed by atoms with Gasteiger partial charge >= 0.3 is 5.97 Å². The summed E-state index contributed by atoms with van der Waals surface area (Å²) in [5.74, 6) is 0.888. The highest BCUT2D eigenvalue weighted by molar-refractivity contribution is 5.72. The smallest absolute Gasteiger partial charge is 0.309 e. The molecule has 2 rings (SSSR count). The van der Waals surface area contributed by atoms with Crippen LogP contribution in [0.5, 0.6) is 0 Å². The van der Waals surface area contributed by atoms with E-state index in [4.69, 9.17) is 4.74 Å². The van der Waals surface area contributed by atoms with Crippen molar-refractivity contribution in [2.45, 2.75) is 77.0 Å². The molecule has 0 aromatic heterocycles. The van der Waals surface area contributed by atoms with Gasteiger partial charge in [-0.25, -0.2) is 4.39 Å². The number of halogens is 1. The molecule has 0 radical (unpaired) electrons. The molecule has 0 aliphatic heterocycles. The van der Waals surface area contributed by atoms with Crippen LogP contribution in [0.25, 0.3) is 0 Å². The van der Waals surface area contributed by atoms with Gasteiger partial charge in [-0.2, -0.15) is 0 Å². The molecule has 0 bridgehead atoms. The Balaban J connectivity index is 1.72. The summed E-state index contributed by atoms with van der Waals surface area (Å²) in [5, 5.41) is 0. The van der Waals surface area contributed by atoms with Gasteiger partial charge in [-0.3, -0.25) is 4.79 Å². The predicted molar refractivity (Wildman–Crippen MR) is 69.0 cm³/mol. The maximum Gasteiger partial charge on any atom is 0.309 e. The monoisotopic (exact) mass is 256 g/mol. The minimum atomic E-state index is -0.681. The van der Waals surface area contributed by atoms with Crippen molar-refractivity contribution in [2.24, 2.45) is 11.8 Å². The topological polar surface area (TPSA) is 26.3 Å². The first-order valence-electron chi connectivity index (χ1n) is 7.53. The molecule has 2 aliphatic rings. The number of hydrogen-bond acceptors (Lipinski definition) is 2. The molecule has 2 nitrogen and oxygen atoms in total. The zero-order valence-electron chi connectivity index (χ0n) is 11.4. The molecule has 2 aliphatic carbocycles. The molecule has 0 heterocycles. The minimum absolute atomic E-state index is 0.0200. The molecule has 104 valence electrons. The molecule has 0 atom stereocenters. The summed E-state index contributed by atoms with van der Waals surface area (Å²) in [6.07, 6.45) is 7.33.